The number of carbonyl (C=O) groups excluding carboxylic acids is 1. The smallest absolute Gasteiger partial charge is 0.414 e. The molecule has 1 aromatic carbocycles. The first-order chi connectivity index (χ1) is 16.5. The Bertz CT molecular complexity index is 1130. The summed E-state index contributed by atoms with van der Waals surface area (Å²) in [6.07, 6.45) is 6.07. The Balaban J connectivity index is 0.000000641. The lowest BCUT2D eigenvalue weighted by Crippen LogP contribution is -2.41. The zero-order valence-corrected chi connectivity index (χ0v) is 21.0. The van der Waals surface area contributed by atoms with Gasteiger partial charge in [0.1, 0.15) is 0 Å². The topological polar surface area (TPSA) is 145 Å². The summed E-state index contributed by atoms with van der Waals surface area (Å²) in [7, 11) is -3.43. The van der Waals surface area contributed by atoms with E-state index in [1.807, 2.05) is 0 Å². The molecule has 1 saturated heterocycles. The van der Waals surface area contributed by atoms with E-state index < -0.39 is 22.0 Å². The number of aromatic nitrogens is 1. The van der Waals surface area contributed by atoms with E-state index in [1.165, 1.54) is 15.3 Å². The van der Waals surface area contributed by atoms with Crippen LogP contribution in [0.2, 0.25) is 10.0 Å². The van der Waals surface area contributed by atoms with Crippen molar-refractivity contribution in [2.45, 2.75) is 25.8 Å². The number of piperidine rings is 1. The quantitative estimate of drug-likeness (QED) is 0.505. The number of nitrogens with zero attached hydrogens (tertiary/aromatic N) is 3. The zero-order chi connectivity index (χ0) is 26.0. The van der Waals surface area contributed by atoms with Crippen LogP contribution in [0, 0.1) is 0 Å². The van der Waals surface area contributed by atoms with Crippen LogP contribution >= 0.6 is 23.2 Å². The Morgan fingerprint density at radius 3 is 2.11 bits per heavy atom. The molecule has 0 aliphatic carbocycles. The molecule has 13 heteroatoms. The van der Waals surface area contributed by atoms with Crippen molar-refractivity contribution in [1.29, 1.82) is 0 Å². The first kappa shape index (κ1) is 28.5. The van der Waals surface area contributed by atoms with E-state index in [0.717, 1.165) is 24.8 Å². The fraction of sp³-hybridized carbons (Fsp3) is 0.364. The maximum Gasteiger partial charge on any atom is 0.414 e. The molecule has 2 heterocycles. The van der Waals surface area contributed by atoms with Crippen molar-refractivity contribution in [2.75, 3.05) is 25.4 Å². The first-order valence-corrected chi connectivity index (χ1v) is 12.9. The molecule has 0 unspecified atom stereocenters. The normalized spacial score (nSPS) is 13.9. The van der Waals surface area contributed by atoms with Gasteiger partial charge in [0.2, 0.25) is 10.0 Å². The molecule has 3 rings (SSSR count). The third-order valence-electron chi connectivity index (χ3n) is 5.08. The molecule has 0 spiro atoms. The SMILES string of the molecule is O=C(O)C(=O)O.O=C(c1ccc(Cl)cc1Cl)N(CCS(=O)(=O)N1CCCCC1)Cc1ccncc1. The highest BCUT2D eigenvalue weighted by molar-refractivity contribution is 7.89. The number of sulfonamides is 1. The highest BCUT2D eigenvalue weighted by Gasteiger charge is 2.26. The number of hydrogen-bond donors (Lipinski definition) is 2. The number of benzene rings is 1. The van der Waals surface area contributed by atoms with Gasteiger partial charge < -0.3 is 15.1 Å². The maximum atomic E-state index is 13.1. The summed E-state index contributed by atoms with van der Waals surface area (Å²) in [5, 5.41) is 15.5. The van der Waals surface area contributed by atoms with E-state index in [0.29, 0.717) is 23.7 Å². The van der Waals surface area contributed by atoms with Gasteiger partial charge in [-0.1, -0.05) is 29.6 Å². The molecule has 2 N–H and O–H groups in total. The lowest BCUT2D eigenvalue weighted by atomic mass is 10.1. The molecule has 0 atom stereocenters. The highest BCUT2D eigenvalue weighted by atomic mass is 35.5. The van der Waals surface area contributed by atoms with E-state index in [1.54, 1.807) is 36.7 Å². The molecule has 2 aromatic rings. The van der Waals surface area contributed by atoms with E-state index in [2.05, 4.69) is 4.98 Å². The number of carboxylic acids is 2. The molecule has 0 bridgehead atoms. The number of amides is 1. The summed E-state index contributed by atoms with van der Waals surface area (Å²) in [5.74, 6) is -4.11. The van der Waals surface area contributed by atoms with Crippen LogP contribution in [0.5, 0.6) is 0 Å². The predicted octanol–water partition coefficient (Wildman–Crippen LogP) is 3.00. The lowest BCUT2D eigenvalue weighted by molar-refractivity contribution is -0.159. The molecule has 1 aliphatic rings. The largest absolute Gasteiger partial charge is 0.473 e. The van der Waals surface area contributed by atoms with Gasteiger partial charge in [-0.15, -0.1) is 0 Å². The Morgan fingerprint density at radius 1 is 0.971 bits per heavy atom. The number of hydrogen-bond acceptors (Lipinski definition) is 6. The van der Waals surface area contributed by atoms with Crippen LogP contribution in [0.25, 0.3) is 0 Å². The molecule has 190 valence electrons. The fourth-order valence-corrected chi connectivity index (χ4v) is 5.31. The summed E-state index contributed by atoms with van der Waals surface area (Å²) in [6.45, 7) is 1.42. The van der Waals surface area contributed by atoms with Crippen molar-refractivity contribution in [3.05, 3.63) is 63.9 Å². The molecule has 1 fully saturated rings. The Morgan fingerprint density at radius 2 is 1.57 bits per heavy atom. The van der Waals surface area contributed by atoms with E-state index in [4.69, 9.17) is 43.0 Å². The summed E-state index contributed by atoms with van der Waals surface area (Å²) in [4.78, 5) is 36.8. The molecule has 10 nitrogen and oxygen atoms in total. The third-order valence-corrected chi connectivity index (χ3v) is 7.48. The molecular formula is C22H25Cl2N3O7S. The van der Waals surface area contributed by atoms with Crippen molar-refractivity contribution >= 4 is 51.1 Å². The molecule has 0 saturated carbocycles. The molecule has 1 aromatic heterocycles. The van der Waals surface area contributed by atoms with Crippen LogP contribution in [-0.2, 0) is 26.2 Å². The summed E-state index contributed by atoms with van der Waals surface area (Å²) in [5.41, 5.74) is 1.15. The Hall–Kier alpha value is -2.73. The highest BCUT2D eigenvalue weighted by Crippen LogP contribution is 2.23. The summed E-state index contributed by atoms with van der Waals surface area (Å²) >= 11 is 12.2. The number of rotatable bonds is 7. The lowest BCUT2D eigenvalue weighted by Gasteiger charge is -2.28. The van der Waals surface area contributed by atoms with Gasteiger partial charge in [0.05, 0.1) is 16.3 Å². The second kappa shape index (κ2) is 13.4. The van der Waals surface area contributed by atoms with Gasteiger partial charge in [-0.2, -0.15) is 0 Å². The molecule has 1 amide bonds. The number of carbonyl (C=O) groups is 3. The van der Waals surface area contributed by atoms with Gasteiger partial charge in [-0.25, -0.2) is 22.3 Å². The van der Waals surface area contributed by atoms with Crippen molar-refractivity contribution < 1.29 is 33.0 Å². The van der Waals surface area contributed by atoms with Gasteiger partial charge in [0.15, 0.2) is 0 Å². The van der Waals surface area contributed by atoms with Crippen molar-refractivity contribution in [2.24, 2.45) is 0 Å². The van der Waals surface area contributed by atoms with Crippen LogP contribution in [0.3, 0.4) is 0 Å². The van der Waals surface area contributed by atoms with Gasteiger partial charge >= 0.3 is 11.9 Å². The molecule has 1 aliphatic heterocycles. The fourth-order valence-electron chi connectivity index (χ4n) is 3.29. The second-order valence-electron chi connectivity index (χ2n) is 7.59. The molecule has 0 radical (unpaired) electrons. The minimum absolute atomic E-state index is 0.0684. The maximum absolute atomic E-state index is 13.1. The van der Waals surface area contributed by atoms with Crippen LogP contribution in [0.15, 0.2) is 42.7 Å². The van der Waals surface area contributed by atoms with Crippen LogP contribution in [0.4, 0.5) is 0 Å². The van der Waals surface area contributed by atoms with Crippen LogP contribution in [0.1, 0.15) is 35.2 Å². The zero-order valence-electron chi connectivity index (χ0n) is 18.6. The monoisotopic (exact) mass is 545 g/mol. The predicted molar refractivity (Wildman–Crippen MR) is 130 cm³/mol. The summed E-state index contributed by atoms with van der Waals surface area (Å²) in [6, 6.07) is 8.25. The summed E-state index contributed by atoms with van der Waals surface area (Å²) < 4.78 is 27.0. The number of aliphatic carboxylic acids is 2. The van der Waals surface area contributed by atoms with Gasteiger partial charge in [0.25, 0.3) is 5.91 Å². The average molecular weight is 546 g/mol. The Kier molecular flexibility index (Phi) is 10.9. The number of pyridine rings is 1. The van der Waals surface area contributed by atoms with Gasteiger partial charge in [-0.05, 0) is 48.7 Å². The van der Waals surface area contributed by atoms with E-state index in [9.17, 15) is 13.2 Å². The minimum Gasteiger partial charge on any atom is -0.473 e. The van der Waals surface area contributed by atoms with E-state index >= 15 is 0 Å². The number of carboxylic acid groups (broad SMARTS) is 2. The molecule has 35 heavy (non-hydrogen) atoms. The van der Waals surface area contributed by atoms with Gasteiger partial charge in [-0.3, -0.25) is 9.78 Å². The van der Waals surface area contributed by atoms with Crippen LogP contribution < -0.4 is 0 Å². The van der Waals surface area contributed by atoms with Crippen LogP contribution in [-0.4, -0.2) is 76.1 Å². The van der Waals surface area contributed by atoms with E-state index in [-0.39, 0.29) is 29.8 Å². The van der Waals surface area contributed by atoms with Crippen molar-refractivity contribution in [1.82, 2.24) is 14.2 Å². The second-order valence-corrected chi connectivity index (χ2v) is 10.5. The standard InChI is InChI=1S/C20H23Cl2N3O3S.C2H2O4/c21-17-4-5-18(19(22)14-17)20(26)24(15-16-6-8-23-9-7-16)12-13-29(27,28)25-10-2-1-3-11-25;3-1(4)2(5)6/h4-9,14H,1-3,10-13,15H2;(H,3,4)(H,5,6). The van der Waals surface area contributed by atoms with Gasteiger partial charge in [0, 0.05) is 43.6 Å². The first-order valence-electron chi connectivity index (χ1n) is 10.6. The third kappa shape index (κ3) is 9.10. The van der Waals surface area contributed by atoms with Crippen molar-refractivity contribution in [3.63, 3.8) is 0 Å². The van der Waals surface area contributed by atoms with Crippen molar-refractivity contribution in [3.8, 4) is 0 Å². The number of halogens is 2. The minimum atomic E-state index is -3.43. The Labute approximate surface area is 213 Å². The average Bonchev–Trinajstić information content (AvgIpc) is 2.83. The molecular weight excluding hydrogens is 521 g/mol.